The molecule has 2 heterocycles. The molecule has 0 saturated carbocycles. The molecule has 4 N–H and O–H groups in total. The molecular formula is C20H16FN5O5. The monoisotopic (exact) mass is 425 g/mol. The Balaban J connectivity index is 1.68. The standard InChI is InChI=1S/C20H16FN5O5/c1-9-5-11(7-15(30-2)16(9)21)24-19-22-8-12(18(27)28)17(26-19)23-10-3-4-14-13(6-10)25-20(29)31-14/h3-8H,1-2H3,(H,25,29)(H,27,28)(H2,22,23,24,26). The summed E-state index contributed by atoms with van der Waals surface area (Å²) in [5.74, 6) is -2.17. The van der Waals surface area contributed by atoms with Gasteiger partial charge in [-0.2, -0.15) is 4.98 Å². The first-order valence-electron chi connectivity index (χ1n) is 8.95. The Labute approximate surface area is 173 Å². The third kappa shape index (κ3) is 4.01. The summed E-state index contributed by atoms with van der Waals surface area (Å²) in [4.78, 5) is 33.7. The third-order valence-electron chi connectivity index (χ3n) is 4.40. The molecule has 10 nitrogen and oxygen atoms in total. The zero-order chi connectivity index (χ0) is 22.1. The molecule has 0 fully saturated rings. The van der Waals surface area contributed by atoms with Crippen LogP contribution in [0.4, 0.5) is 27.5 Å². The number of nitrogens with zero attached hydrogens (tertiary/aromatic N) is 2. The van der Waals surface area contributed by atoms with Crippen LogP contribution in [0.3, 0.4) is 0 Å². The lowest BCUT2D eigenvalue weighted by molar-refractivity contribution is 0.0697. The number of hydrogen-bond acceptors (Lipinski definition) is 8. The zero-order valence-corrected chi connectivity index (χ0v) is 16.3. The molecule has 0 atom stereocenters. The van der Waals surface area contributed by atoms with Crippen molar-refractivity contribution in [3.8, 4) is 5.75 Å². The first kappa shape index (κ1) is 19.9. The van der Waals surface area contributed by atoms with E-state index in [9.17, 15) is 19.1 Å². The first-order valence-corrected chi connectivity index (χ1v) is 8.95. The molecule has 2 aromatic heterocycles. The Morgan fingerprint density at radius 3 is 2.77 bits per heavy atom. The molecular weight excluding hydrogens is 409 g/mol. The highest BCUT2D eigenvalue weighted by molar-refractivity contribution is 5.94. The van der Waals surface area contributed by atoms with Gasteiger partial charge in [0.15, 0.2) is 23.0 Å². The fourth-order valence-electron chi connectivity index (χ4n) is 2.95. The minimum Gasteiger partial charge on any atom is -0.494 e. The number of aromatic amines is 1. The summed E-state index contributed by atoms with van der Waals surface area (Å²) in [5, 5.41) is 15.3. The quantitative estimate of drug-likeness (QED) is 0.365. The van der Waals surface area contributed by atoms with Crippen molar-refractivity contribution in [2.45, 2.75) is 6.92 Å². The van der Waals surface area contributed by atoms with Crippen molar-refractivity contribution in [2.24, 2.45) is 0 Å². The van der Waals surface area contributed by atoms with Crippen molar-refractivity contribution in [2.75, 3.05) is 17.7 Å². The van der Waals surface area contributed by atoms with Gasteiger partial charge in [-0.05, 0) is 36.8 Å². The molecule has 0 amide bonds. The second kappa shape index (κ2) is 7.78. The maximum Gasteiger partial charge on any atom is 0.417 e. The fourth-order valence-corrected chi connectivity index (χ4v) is 2.95. The molecule has 4 aromatic rings. The van der Waals surface area contributed by atoms with Gasteiger partial charge in [-0.15, -0.1) is 0 Å². The zero-order valence-electron chi connectivity index (χ0n) is 16.3. The molecule has 0 saturated heterocycles. The summed E-state index contributed by atoms with van der Waals surface area (Å²) >= 11 is 0. The summed E-state index contributed by atoms with van der Waals surface area (Å²) in [5.41, 5.74) is 1.91. The van der Waals surface area contributed by atoms with Gasteiger partial charge >= 0.3 is 11.7 Å². The number of aromatic carboxylic acids is 1. The number of carboxylic acids is 1. The summed E-state index contributed by atoms with van der Waals surface area (Å²) in [6.07, 6.45) is 1.14. The summed E-state index contributed by atoms with van der Waals surface area (Å²) < 4.78 is 24.0. The molecule has 0 aliphatic rings. The Morgan fingerprint density at radius 2 is 2.03 bits per heavy atom. The van der Waals surface area contributed by atoms with E-state index in [0.717, 1.165) is 6.20 Å². The van der Waals surface area contributed by atoms with Crippen LogP contribution in [0.1, 0.15) is 15.9 Å². The van der Waals surface area contributed by atoms with Gasteiger partial charge in [0.2, 0.25) is 5.95 Å². The van der Waals surface area contributed by atoms with E-state index in [1.807, 2.05) is 0 Å². The predicted octanol–water partition coefficient (Wildman–Crippen LogP) is 3.55. The van der Waals surface area contributed by atoms with Crippen molar-refractivity contribution < 1.29 is 23.4 Å². The number of fused-ring (bicyclic) bond motifs is 1. The van der Waals surface area contributed by atoms with Crippen molar-refractivity contribution in [1.29, 1.82) is 0 Å². The smallest absolute Gasteiger partial charge is 0.417 e. The van der Waals surface area contributed by atoms with Crippen LogP contribution < -0.4 is 21.1 Å². The second-order valence-corrected chi connectivity index (χ2v) is 6.55. The van der Waals surface area contributed by atoms with Crippen molar-refractivity contribution in [1.82, 2.24) is 15.0 Å². The lowest BCUT2D eigenvalue weighted by Gasteiger charge is -2.12. The number of aryl methyl sites for hydroxylation is 1. The van der Waals surface area contributed by atoms with Crippen LogP contribution in [0.2, 0.25) is 0 Å². The van der Waals surface area contributed by atoms with E-state index >= 15 is 0 Å². The third-order valence-corrected chi connectivity index (χ3v) is 4.40. The highest BCUT2D eigenvalue weighted by atomic mass is 19.1. The molecule has 158 valence electrons. The lowest BCUT2D eigenvalue weighted by Crippen LogP contribution is -2.08. The minimum absolute atomic E-state index is 0.0148. The molecule has 31 heavy (non-hydrogen) atoms. The molecule has 0 radical (unpaired) electrons. The van der Waals surface area contributed by atoms with Gasteiger partial charge in [-0.3, -0.25) is 4.98 Å². The minimum atomic E-state index is -1.23. The van der Waals surface area contributed by atoms with Crippen LogP contribution in [0.25, 0.3) is 11.1 Å². The maximum absolute atomic E-state index is 14.0. The fraction of sp³-hybridized carbons (Fsp3) is 0.100. The number of hydrogen-bond donors (Lipinski definition) is 4. The van der Waals surface area contributed by atoms with Gasteiger partial charge in [-0.1, -0.05) is 0 Å². The van der Waals surface area contributed by atoms with Crippen LogP contribution in [0, 0.1) is 12.7 Å². The van der Waals surface area contributed by atoms with Gasteiger partial charge in [0.1, 0.15) is 5.56 Å². The van der Waals surface area contributed by atoms with Crippen molar-refractivity contribution >= 4 is 40.2 Å². The van der Waals surface area contributed by atoms with E-state index < -0.39 is 17.5 Å². The van der Waals surface area contributed by atoms with E-state index in [0.29, 0.717) is 28.0 Å². The molecule has 0 unspecified atom stereocenters. The highest BCUT2D eigenvalue weighted by Gasteiger charge is 2.16. The summed E-state index contributed by atoms with van der Waals surface area (Å²) in [7, 11) is 1.35. The van der Waals surface area contributed by atoms with Gasteiger partial charge in [0.05, 0.1) is 12.6 Å². The highest BCUT2D eigenvalue weighted by Crippen LogP contribution is 2.28. The van der Waals surface area contributed by atoms with Crippen LogP contribution >= 0.6 is 0 Å². The number of H-pyrrole nitrogens is 1. The Morgan fingerprint density at radius 1 is 1.23 bits per heavy atom. The second-order valence-electron chi connectivity index (χ2n) is 6.55. The van der Waals surface area contributed by atoms with Gasteiger partial charge in [0, 0.05) is 23.6 Å². The molecule has 0 aliphatic heterocycles. The van der Waals surface area contributed by atoms with Crippen molar-refractivity contribution in [3.63, 3.8) is 0 Å². The number of rotatable bonds is 6. The van der Waals surface area contributed by atoms with Gasteiger partial charge < -0.3 is 24.9 Å². The number of carboxylic acid groups (broad SMARTS) is 1. The van der Waals surface area contributed by atoms with E-state index in [1.165, 1.54) is 13.2 Å². The Kier molecular flexibility index (Phi) is 4.99. The largest absolute Gasteiger partial charge is 0.494 e. The van der Waals surface area contributed by atoms with Gasteiger partial charge in [0.25, 0.3) is 0 Å². The Bertz CT molecular complexity index is 1360. The average molecular weight is 425 g/mol. The number of anilines is 4. The molecule has 11 heteroatoms. The summed E-state index contributed by atoms with van der Waals surface area (Å²) in [6.45, 7) is 1.58. The van der Waals surface area contributed by atoms with E-state index in [4.69, 9.17) is 9.15 Å². The van der Waals surface area contributed by atoms with Crippen LogP contribution in [0.15, 0.2) is 45.7 Å². The Hall–Kier alpha value is -4.41. The van der Waals surface area contributed by atoms with Crippen LogP contribution in [-0.2, 0) is 0 Å². The molecule has 0 spiro atoms. The van der Waals surface area contributed by atoms with E-state index in [2.05, 4.69) is 25.6 Å². The predicted molar refractivity (Wildman–Crippen MR) is 110 cm³/mol. The summed E-state index contributed by atoms with van der Waals surface area (Å²) in [6, 6.07) is 7.73. The van der Waals surface area contributed by atoms with Crippen molar-refractivity contribution in [3.05, 3.63) is 64.0 Å². The molecule has 0 bridgehead atoms. The number of ether oxygens (including phenoxy) is 1. The lowest BCUT2D eigenvalue weighted by atomic mass is 10.2. The SMILES string of the molecule is COc1cc(Nc2ncc(C(=O)O)c(Nc3ccc4oc(=O)[nH]c4c3)n2)cc(C)c1F. The number of benzene rings is 2. The van der Waals surface area contributed by atoms with Crippen LogP contribution in [-0.4, -0.2) is 33.1 Å². The normalized spacial score (nSPS) is 10.8. The average Bonchev–Trinajstić information content (AvgIpc) is 3.09. The van der Waals surface area contributed by atoms with Gasteiger partial charge in [-0.25, -0.2) is 19.0 Å². The van der Waals surface area contributed by atoms with E-state index in [-0.39, 0.29) is 23.1 Å². The molecule has 0 aliphatic carbocycles. The molecule has 2 aromatic carbocycles. The number of halogens is 1. The number of aromatic nitrogens is 3. The van der Waals surface area contributed by atoms with Crippen LogP contribution in [0.5, 0.6) is 5.75 Å². The first-order chi connectivity index (χ1) is 14.8. The number of methoxy groups -OCH3 is 1. The topological polar surface area (TPSA) is 142 Å². The van der Waals surface area contributed by atoms with E-state index in [1.54, 1.807) is 31.2 Å². The number of carbonyl (C=O) groups is 1. The number of oxazole rings is 1. The molecule has 4 rings (SSSR count). The maximum atomic E-state index is 14.0. The number of nitrogens with one attached hydrogen (secondary N) is 3.